The molecule has 0 radical (unpaired) electrons. The lowest BCUT2D eigenvalue weighted by Gasteiger charge is -2.19. The second-order valence-corrected chi connectivity index (χ2v) is 9.14. The first-order chi connectivity index (χ1) is 18.8. The van der Waals surface area contributed by atoms with Crippen molar-refractivity contribution < 1.29 is 29.5 Å². The molecule has 0 spiro atoms. The first-order valence-electron chi connectivity index (χ1n) is 12.7. The van der Waals surface area contributed by atoms with Gasteiger partial charge in [-0.2, -0.15) is 0 Å². The minimum absolute atomic E-state index is 0.160. The molecular formula is C28H33N5O6. The first-order valence-corrected chi connectivity index (χ1v) is 12.7. The molecule has 4 amide bonds. The van der Waals surface area contributed by atoms with E-state index in [0.29, 0.717) is 30.8 Å². The van der Waals surface area contributed by atoms with Gasteiger partial charge in [0.05, 0.1) is 12.6 Å². The Balaban J connectivity index is 1.43. The third kappa shape index (κ3) is 9.22. The van der Waals surface area contributed by atoms with Gasteiger partial charge in [-0.1, -0.05) is 11.8 Å². The molecule has 206 valence electrons. The smallest absolute Gasteiger partial charge is 0.268 e. The van der Waals surface area contributed by atoms with Crippen LogP contribution in [0.15, 0.2) is 48.5 Å². The number of hydrogen-bond acceptors (Lipinski definition) is 7. The average Bonchev–Trinajstić information content (AvgIpc) is 3.35. The number of benzene rings is 2. The topological polar surface area (TPSA) is 160 Å². The summed E-state index contributed by atoms with van der Waals surface area (Å²) in [4.78, 5) is 49.6. The number of carbonyl (C=O) groups excluding carboxylic acids is 4. The second kappa shape index (κ2) is 14.6. The summed E-state index contributed by atoms with van der Waals surface area (Å²) >= 11 is 0. The number of aliphatic hydroxyl groups excluding tert-OH is 1. The van der Waals surface area contributed by atoms with Gasteiger partial charge in [-0.05, 0) is 74.8 Å². The van der Waals surface area contributed by atoms with Crippen molar-refractivity contribution in [3.05, 3.63) is 65.2 Å². The average molecular weight is 536 g/mol. The maximum atomic E-state index is 12.4. The molecular weight excluding hydrogens is 502 g/mol. The predicted octanol–water partition coefficient (Wildman–Crippen LogP) is 0.612. The Morgan fingerprint density at radius 1 is 1.03 bits per heavy atom. The molecule has 1 aliphatic heterocycles. The van der Waals surface area contributed by atoms with Gasteiger partial charge in [0.25, 0.3) is 11.8 Å². The second-order valence-electron chi connectivity index (χ2n) is 9.14. The van der Waals surface area contributed by atoms with Crippen LogP contribution in [0, 0.1) is 11.8 Å². The van der Waals surface area contributed by atoms with Crippen molar-refractivity contribution in [3.63, 3.8) is 0 Å². The molecule has 1 aliphatic rings. The van der Waals surface area contributed by atoms with Crippen LogP contribution >= 0.6 is 0 Å². The van der Waals surface area contributed by atoms with Gasteiger partial charge in [0, 0.05) is 41.9 Å². The first kappa shape index (κ1) is 29.3. The van der Waals surface area contributed by atoms with Crippen molar-refractivity contribution in [1.82, 2.24) is 21.0 Å². The summed E-state index contributed by atoms with van der Waals surface area (Å²) in [7, 11) is 0. The van der Waals surface area contributed by atoms with E-state index < -0.39 is 24.0 Å². The molecule has 2 aromatic rings. The lowest BCUT2D eigenvalue weighted by Crippen LogP contribution is -2.51. The van der Waals surface area contributed by atoms with Crippen molar-refractivity contribution in [1.29, 1.82) is 0 Å². The highest BCUT2D eigenvalue weighted by atomic mass is 16.5. The minimum atomic E-state index is -1.30. The Morgan fingerprint density at radius 3 is 2.23 bits per heavy atom. The van der Waals surface area contributed by atoms with Gasteiger partial charge in [-0.3, -0.25) is 24.4 Å². The van der Waals surface area contributed by atoms with Crippen LogP contribution in [0.4, 0.5) is 5.69 Å². The molecule has 1 saturated heterocycles. The van der Waals surface area contributed by atoms with Crippen molar-refractivity contribution in [2.45, 2.75) is 38.3 Å². The highest BCUT2D eigenvalue weighted by molar-refractivity contribution is 5.97. The van der Waals surface area contributed by atoms with Gasteiger partial charge in [0.1, 0.15) is 6.04 Å². The number of anilines is 1. The van der Waals surface area contributed by atoms with E-state index in [2.05, 4.69) is 27.8 Å². The molecule has 1 fully saturated rings. The molecule has 1 heterocycles. The van der Waals surface area contributed by atoms with E-state index in [1.807, 2.05) is 4.90 Å². The van der Waals surface area contributed by atoms with E-state index in [1.54, 1.807) is 36.4 Å². The molecule has 0 bridgehead atoms. The van der Waals surface area contributed by atoms with Crippen LogP contribution in [0.25, 0.3) is 0 Å². The molecule has 3 rings (SSSR count). The normalized spacial score (nSPS) is 14.1. The number of amides is 4. The van der Waals surface area contributed by atoms with E-state index >= 15 is 0 Å². The zero-order valence-corrected chi connectivity index (χ0v) is 21.7. The van der Waals surface area contributed by atoms with Crippen molar-refractivity contribution in [3.8, 4) is 11.8 Å². The summed E-state index contributed by atoms with van der Waals surface area (Å²) in [5.74, 6) is 4.55. The third-order valence-electron chi connectivity index (χ3n) is 6.07. The molecule has 2 aromatic carbocycles. The Morgan fingerprint density at radius 2 is 1.67 bits per heavy atom. The number of nitrogens with zero attached hydrogens (tertiary/aromatic N) is 1. The molecule has 11 nitrogen and oxygen atoms in total. The van der Waals surface area contributed by atoms with E-state index in [-0.39, 0.29) is 23.9 Å². The van der Waals surface area contributed by atoms with Crippen LogP contribution < -0.4 is 21.4 Å². The quantitative estimate of drug-likeness (QED) is 0.106. The van der Waals surface area contributed by atoms with Crippen LogP contribution in [0.1, 0.15) is 47.7 Å². The fraction of sp³-hybridized carbons (Fsp3) is 0.357. The van der Waals surface area contributed by atoms with Gasteiger partial charge >= 0.3 is 0 Å². The molecule has 0 saturated carbocycles. The van der Waals surface area contributed by atoms with Gasteiger partial charge in [-0.25, -0.2) is 5.48 Å². The Labute approximate surface area is 226 Å². The highest BCUT2D eigenvalue weighted by Crippen LogP contribution is 2.11. The third-order valence-corrected chi connectivity index (χ3v) is 6.07. The largest absolute Gasteiger partial charge is 0.391 e. The maximum Gasteiger partial charge on any atom is 0.268 e. The monoisotopic (exact) mass is 535 g/mol. The Kier molecular flexibility index (Phi) is 11.0. The van der Waals surface area contributed by atoms with E-state index in [0.717, 1.165) is 24.9 Å². The molecule has 0 aromatic heterocycles. The summed E-state index contributed by atoms with van der Waals surface area (Å²) in [5, 5.41) is 26.7. The van der Waals surface area contributed by atoms with Crippen molar-refractivity contribution in [2.24, 2.45) is 0 Å². The van der Waals surface area contributed by atoms with Crippen LogP contribution in [-0.4, -0.2) is 77.2 Å². The number of hydrogen-bond donors (Lipinski definition) is 6. The summed E-state index contributed by atoms with van der Waals surface area (Å²) in [6, 6.07) is 12.2. The van der Waals surface area contributed by atoms with Crippen LogP contribution in [0.3, 0.4) is 0 Å². The molecule has 2 atom stereocenters. The highest BCUT2D eigenvalue weighted by Gasteiger charge is 2.25. The summed E-state index contributed by atoms with van der Waals surface area (Å²) in [6.07, 6.45) is 1.16. The number of rotatable bonds is 11. The molecule has 11 heteroatoms. The number of nitrogens with one attached hydrogen (secondary N) is 4. The number of likely N-dealkylation sites (tertiary alicyclic amines) is 1. The number of carbonyl (C=O) groups is 4. The molecule has 39 heavy (non-hydrogen) atoms. The molecule has 6 N–H and O–H groups in total. The summed E-state index contributed by atoms with van der Waals surface area (Å²) in [6.45, 7) is 3.69. The SMILES string of the molecule is C[C@@H](O)[C@H](NC(=O)c1ccc(C#Cc2ccc(NC(=O)CNCCCN3CCCC3=O)cc2)cc1)C(=O)NO. The van der Waals surface area contributed by atoms with Crippen LogP contribution in [-0.2, 0) is 14.4 Å². The number of hydroxylamine groups is 1. The maximum absolute atomic E-state index is 12.4. The lowest BCUT2D eigenvalue weighted by atomic mass is 10.1. The van der Waals surface area contributed by atoms with Crippen LogP contribution in [0.2, 0.25) is 0 Å². The van der Waals surface area contributed by atoms with Gasteiger partial charge < -0.3 is 26.0 Å². The van der Waals surface area contributed by atoms with E-state index in [1.165, 1.54) is 24.5 Å². The number of aliphatic hydroxyl groups is 1. The fourth-order valence-corrected chi connectivity index (χ4v) is 3.93. The Bertz CT molecular complexity index is 1220. The van der Waals surface area contributed by atoms with E-state index in [4.69, 9.17) is 5.21 Å². The minimum Gasteiger partial charge on any atom is -0.391 e. The molecule has 0 aliphatic carbocycles. The lowest BCUT2D eigenvalue weighted by molar-refractivity contribution is -0.133. The zero-order chi connectivity index (χ0) is 28.2. The summed E-state index contributed by atoms with van der Waals surface area (Å²) < 4.78 is 0. The standard InChI is InChI=1S/C28H33N5O6/c1-19(34)26(28(38)32-39)31-27(37)22-11-7-20(8-12-22)5-6-21-9-13-23(14-10-21)30-24(35)18-29-15-3-17-33-16-2-4-25(33)36/h7-14,19,26,29,34,39H,2-4,15-18H2,1H3,(H,30,35)(H,31,37)(H,32,38)/t19-,26+/m1/s1. The summed E-state index contributed by atoms with van der Waals surface area (Å²) in [5.41, 5.74) is 3.71. The van der Waals surface area contributed by atoms with Crippen molar-refractivity contribution in [2.75, 3.05) is 31.5 Å². The van der Waals surface area contributed by atoms with Gasteiger partial charge in [0.2, 0.25) is 11.8 Å². The fourth-order valence-electron chi connectivity index (χ4n) is 3.93. The molecule has 0 unspecified atom stereocenters. The van der Waals surface area contributed by atoms with E-state index in [9.17, 15) is 24.3 Å². The predicted molar refractivity (Wildman–Crippen MR) is 144 cm³/mol. The van der Waals surface area contributed by atoms with Crippen molar-refractivity contribution >= 4 is 29.3 Å². The van der Waals surface area contributed by atoms with Crippen LogP contribution in [0.5, 0.6) is 0 Å². The van der Waals surface area contributed by atoms with Gasteiger partial charge in [-0.15, -0.1) is 0 Å². The van der Waals surface area contributed by atoms with Gasteiger partial charge in [0.15, 0.2) is 0 Å². The zero-order valence-electron chi connectivity index (χ0n) is 21.7. The Hall–Kier alpha value is -4.24.